The highest BCUT2D eigenvalue weighted by Crippen LogP contribution is 2.35. The average molecular weight is 578 g/mol. The summed E-state index contributed by atoms with van der Waals surface area (Å²) < 4.78 is 78.2. The Bertz CT molecular complexity index is 1160. The number of benzene rings is 1. The Morgan fingerprint density at radius 2 is 1.79 bits per heavy atom. The van der Waals surface area contributed by atoms with E-state index in [0.717, 1.165) is 19.0 Å². The number of halogens is 4. The molecule has 0 aromatic heterocycles. The van der Waals surface area contributed by atoms with Gasteiger partial charge in [0.25, 0.3) is 5.91 Å². The molecule has 0 unspecified atom stereocenters. The third kappa shape index (κ3) is 7.50. The summed E-state index contributed by atoms with van der Waals surface area (Å²) in [5.41, 5.74) is -1.96. The molecule has 1 aliphatic carbocycles. The molecule has 0 radical (unpaired) electrons. The molecule has 0 bridgehead atoms. The fourth-order valence-corrected chi connectivity index (χ4v) is 6.67. The Morgan fingerprint density at radius 3 is 2.38 bits per heavy atom. The monoisotopic (exact) mass is 577 g/mol. The molecule has 1 aromatic carbocycles. The van der Waals surface area contributed by atoms with Crippen LogP contribution < -0.4 is 10.6 Å². The second-order valence-electron chi connectivity index (χ2n) is 12.1. The van der Waals surface area contributed by atoms with E-state index in [0.29, 0.717) is 37.4 Å². The summed E-state index contributed by atoms with van der Waals surface area (Å²) in [6, 6.07) is 0.770. The van der Waals surface area contributed by atoms with Crippen LogP contribution in [0.5, 0.6) is 0 Å². The van der Waals surface area contributed by atoms with E-state index in [9.17, 15) is 35.6 Å². The molecule has 2 N–H and O–H groups in total. The topological polar surface area (TPSA) is 95.6 Å². The lowest BCUT2D eigenvalue weighted by Crippen LogP contribution is -2.53. The standard InChI is InChI=1S/C27H39F4N3O4S/c1-16(2)14-32-19-7-9-23(18(12-19)15-39(37,38)26(3,4)5)34-11-10-22(25(34)36)33-24(35)17-6-8-21(28)20(13-17)27(29,30)31/h6,8,13,16,18-19,22-23,32H,7,9-12,14-15H2,1-5H3,(H,33,35)/t18-,19+,22-,23-/m0/s1. The summed E-state index contributed by atoms with van der Waals surface area (Å²) in [6.45, 7) is 10.2. The third-order valence-electron chi connectivity index (χ3n) is 7.60. The molecular weight excluding hydrogens is 538 g/mol. The molecule has 0 spiro atoms. The Morgan fingerprint density at radius 1 is 1.13 bits per heavy atom. The number of nitrogens with zero attached hydrogens (tertiary/aromatic N) is 1. The quantitative estimate of drug-likeness (QED) is 0.453. The van der Waals surface area contributed by atoms with Gasteiger partial charge in [-0.2, -0.15) is 13.2 Å². The molecule has 1 aliphatic heterocycles. The molecule has 1 aromatic rings. The molecule has 4 atom stereocenters. The maximum Gasteiger partial charge on any atom is 0.419 e. The van der Waals surface area contributed by atoms with Crippen LogP contribution in [-0.2, 0) is 20.8 Å². The van der Waals surface area contributed by atoms with Gasteiger partial charge in [-0.15, -0.1) is 0 Å². The molecule has 12 heteroatoms. The number of nitrogens with one attached hydrogen (secondary N) is 2. The lowest BCUT2D eigenvalue weighted by atomic mass is 9.81. The van der Waals surface area contributed by atoms with Crippen LogP contribution in [0.2, 0.25) is 0 Å². The van der Waals surface area contributed by atoms with Gasteiger partial charge in [-0.05, 0) is 83.0 Å². The highest BCUT2D eigenvalue weighted by atomic mass is 32.2. The highest BCUT2D eigenvalue weighted by molar-refractivity contribution is 7.92. The van der Waals surface area contributed by atoms with Gasteiger partial charge in [-0.1, -0.05) is 13.8 Å². The van der Waals surface area contributed by atoms with Crippen molar-refractivity contribution in [2.24, 2.45) is 11.8 Å². The minimum absolute atomic E-state index is 0.0718. The molecule has 1 heterocycles. The number of rotatable bonds is 8. The van der Waals surface area contributed by atoms with Gasteiger partial charge in [-0.25, -0.2) is 12.8 Å². The third-order valence-corrected chi connectivity index (χ3v) is 10.3. The summed E-state index contributed by atoms with van der Waals surface area (Å²) in [4.78, 5) is 27.7. The van der Waals surface area contributed by atoms with Crippen LogP contribution in [0.25, 0.3) is 0 Å². The van der Waals surface area contributed by atoms with E-state index in [-0.39, 0.29) is 30.2 Å². The van der Waals surface area contributed by atoms with Gasteiger partial charge >= 0.3 is 6.18 Å². The van der Waals surface area contributed by atoms with Crippen molar-refractivity contribution in [3.63, 3.8) is 0 Å². The zero-order valence-corrected chi connectivity index (χ0v) is 23.9. The molecule has 3 rings (SSSR count). The van der Waals surface area contributed by atoms with E-state index >= 15 is 0 Å². The van der Waals surface area contributed by atoms with E-state index in [1.165, 1.54) is 0 Å². The highest BCUT2D eigenvalue weighted by Gasteiger charge is 2.45. The molecule has 2 fully saturated rings. The van der Waals surface area contributed by atoms with Gasteiger partial charge in [0.05, 0.1) is 16.1 Å². The van der Waals surface area contributed by atoms with Gasteiger partial charge in [0.15, 0.2) is 9.84 Å². The molecule has 2 aliphatic rings. The molecule has 1 saturated heterocycles. The molecule has 39 heavy (non-hydrogen) atoms. The normalized spacial score (nSPS) is 24.9. The van der Waals surface area contributed by atoms with E-state index in [1.54, 1.807) is 25.7 Å². The Hall–Kier alpha value is -2.21. The number of hydrogen-bond donors (Lipinski definition) is 2. The van der Waals surface area contributed by atoms with Gasteiger partial charge in [-0.3, -0.25) is 9.59 Å². The van der Waals surface area contributed by atoms with Crippen LogP contribution in [0, 0.1) is 17.7 Å². The minimum Gasteiger partial charge on any atom is -0.340 e. The van der Waals surface area contributed by atoms with Gasteiger partial charge in [0, 0.05) is 24.2 Å². The number of hydrogen-bond acceptors (Lipinski definition) is 5. The van der Waals surface area contributed by atoms with Crippen molar-refractivity contribution in [1.29, 1.82) is 0 Å². The second-order valence-corrected chi connectivity index (χ2v) is 14.9. The van der Waals surface area contributed by atoms with Crippen molar-refractivity contribution in [3.8, 4) is 0 Å². The Labute approximate surface area is 228 Å². The summed E-state index contributed by atoms with van der Waals surface area (Å²) >= 11 is 0. The van der Waals surface area contributed by atoms with E-state index < -0.39 is 55.6 Å². The van der Waals surface area contributed by atoms with Crippen molar-refractivity contribution in [2.45, 2.75) is 89.4 Å². The van der Waals surface area contributed by atoms with Crippen molar-refractivity contribution < 1.29 is 35.6 Å². The van der Waals surface area contributed by atoms with Gasteiger partial charge in [0.1, 0.15) is 11.9 Å². The lowest BCUT2D eigenvalue weighted by molar-refractivity contribution is -0.140. The fraction of sp³-hybridized carbons (Fsp3) is 0.704. The number of amides is 2. The van der Waals surface area contributed by atoms with E-state index in [2.05, 4.69) is 24.5 Å². The predicted octanol–water partition coefficient (Wildman–Crippen LogP) is 4.17. The van der Waals surface area contributed by atoms with Crippen molar-refractivity contribution in [2.75, 3.05) is 18.8 Å². The molecule has 7 nitrogen and oxygen atoms in total. The number of sulfone groups is 1. The maximum absolute atomic E-state index is 13.6. The lowest BCUT2D eigenvalue weighted by Gasteiger charge is -2.42. The minimum atomic E-state index is -4.97. The van der Waals surface area contributed by atoms with Crippen molar-refractivity contribution in [1.82, 2.24) is 15.5 Å². The first-order chi connectivity index (χ1) is 17.9. The number of carbonyl (C=O) groups is 2. The largest absolute Gasteiger partial charge is 0.419 e. The van der Waals surface area contributed by atoms with Gasteiger partial charge < -0.3 is 15.5 Å². The second kappa shape index (κ2) is 11.7. The predicted molar refractivity (Wildman–Crippen MR) is 140 cm³/mol. The SMILES string of the molecule is CC(C)CN[C@@H]1CC[C@H](N2CC[C@H](NC(=O)c3ccc(F)c(C(F)(F)F)c3)C2=O)[C@H](CS(=O)(=O)C(C)(C)C)C1. The number of carbonyl (C=O) groups excluding carboxylic acids is 2. The summed E-state index contributed by atoms with van der Waals surface area (Å²) in [5, 5.41) is 6.00. The molecule has 1 saturated carbocycles. The summed E-state index contributed by atoms with van der Waals surface area (Å²) in [5.74, 6) is -2.74. The Kier molecular flexibility index (Phi) is 9.41. The zero-order valence-electron chi connectivity index (χ0n) is 23.1. The van der Waals surface area contributed by atoms with Crippen LogP contribution in [0.4, 0.5) is 17.6 Å². The first kappa shape index (κ1) is 31.3. The molecule has 2 amide bonds. The van der Waals surface area contributed by atoms with Crippen LogP contribution in [-0.4, -0.2) is 66.8 Å². The average Bonchev–Trinajstić information content (AvgIpc) is 3.16. The molecule has 220 valence electrons. The van der Waals surface area contributed by atoms with Crippen LogP contribution in [0.15, 0.2) is 18.2 Å². The fourth-order valence-electron chi connectivity index (χ4n) is 5.25. The number of alkyl halides is 3. The zero-order chi connectivity index (χ0) is 29.3. The summed E-state index contributed by atoms with van der Waals surface area (Å²) in [7, 11) is -3.48. The summed E-state index contributed by atoms with van der Waals surface area (Å²) in [6.07, 6.45) is -2.78. The van der Waals surface area contributed by atoms with Crippen molar-refractivity contribution >= 4 is 21.7 Å². The first-order valence-corrected chi connectivity index (χ1v) is 15.0. The maximum atomic E-state index is 13.6. The van der Waals surface area contributed by atoms with Crippen LogP contribution in [0.3, 0.4) is 0 Å². The van der Waals surface area contributed by atoms with Crippen LogP contribution >= 0.6 is 0 Å². The Balaban J connectivity index is 1.76. The van der Waals surface area contributed by atoms with E-state index in [4.69, 9.17) is 0 Å². The molecular formula is C27H39F4N3O4S. The van der Waals surface area contributed by atoms with Crippen molar-refractivity contribution in [3.05, 3.63) is 35.1 Å². The smallest absolute Gasteiger partial charge is 0.340 e. The van der Waals surface area contributed by atoms with E-state index in [1.807, 2.05) is 0 Å². The first-order valence-electron chi connectivity index (χ1n) is 13.3. The van der Waals surface area contributed by atoms with Crippen LogP contribution in [0.1, 0.15) is 76.2 Å². The van der Waals surface area contributed by atoms with Gasteiger partial charge in [0.2, 0.25) is 5.91 Å². The number of likely N-dealkylation sites (tertiary alicyclic amines) is 1.